The molecule has 2 aromatic rings. The molecule has 0 N–H and O–H groups in total. The molecule has 3 rings (SSSR count). The van der Waals surface area contributed by atoms with E-state index in [9.17, 15) is 14.9 Å². The Morgan fingerprint density at radius 3 is 2.68 bits per heavy atom. The molecule has 0 unspecified atom stereocenters. The number of nitro groups is 1. The third kappa shape index (κ3) is 2.27. The van der Waals surface area contributed by atoms with Crippen molar-refractivity contribution in [3.8, 4) is 11.5 Å². The van der Waals surface area contributed by atoms with Crippen molar-refractivity contribution in [3.05, 3.63) is 57.1 Å². The molecular weight excluding hydrogens is 308 g/mol. The van der Waals surface area contributed by atoms with Crippen LogP contribution in [0.2, 0.25) is 5.02 Å². The highest BCUT2D eigenvalue weighted by molar-refractivity contribution is 6.31. The van der Waals surface area contributed by atoms with Gasteiger partial charge in [-0.05, 0) is 25.1 Å². The minimum absolute atomic E-state index is 0.156. The molecule has 1 aliphatic rings. The van der Waals surface area contributed by atoms with Crippen LogP contribution in [0.25, 0.3) is 0 Å². The van der Waals surface area contributed by atoms with Gasteiger partial charge in [0.05, 0.1) is 16.2 Å². The second kappa shape index (κ2) is 5.31. The van der Waals surface area contributed by atoms with Gasteiger partial charge in [0, 0.05) is 29.8 Å². The molecule has 2 aromatic carbocycles. The lowest BCUT2D eigenvalue weighted by Gasteiger charge is -2.19. The van der Waals surface area contributed by atoms with E-state index in [-0.39, 0.29) is 22.9 Å². The van der Waals surface area contributed by atoms with Crippen LogP contribution in [0.5, 0.6) is 11.5 Å². The summed E-state index contributed by atoms with van der Waals surface area (Å²) in [5.41, 5.74) is 0.579. The van der Waals surface area contributed by atoms with Gasteiger partial charge in [-0.25, -0.2) is 0 Å². The minimum Gasteiger partial charge on any atom is -0.454 e. The maximum absolute atomic E-state index is 12.7. The standard InChI is InChI=1S/C15H11ClN2O4/c1-2-17-12-5-3-9(16)7-14(12)22-13-6-4-10(18(20)21)8-11(13)15(17)19/h3-8H,2H2,1H3. The van der Waals surface area contributed by atoms with E-state index in [4.69, 9.17) is 16.3 Å². The van der Waals surface area contributed by atoms with Gasteiger partial charge in [0.1, 0.15) is 5.75 Å². The molecule has 0 bridgehead atoms. The normalized spacial score (nSPS) is 13.0. The first-order chi connectivity index (χ1) is 10.5. The summed E-state index contributed by atoms with van der Waals surface area (Å²) in [7, 11) is 0. The monoisotopic (exact) mass is 318 g/mol. The lowest BCUT2D eigenvalue weighted by atomic mass is 10.1. The van der Waals surface area contributed by atoms with Gasteiger partial charge in [0.15, 0.2) is 5.75 Å². The second-order valence-electron chi connectivity index (χ2n) is 4.70. The molecule has 0 saturated heterocycles. The Bertz CT molecular complexity index is 791. The maximum atomic E-state index is 12.7. The van der Waals surface area contributed by atoms with Gasteiger partial charge >= 0.3 is 0 Å². The topological polar surface area (TPSA) is 72.7 Å². The highest BCUT2D eigenvalue weighted by Gasteiger charge is 2.29. The zero-order valence-corrected chi connectivity index (χ0v) is 12.3. The molecular formula is C15H11ClN2O4. The fourth-order valence-corrected chi connectivity index (χ4v) is 2.53. The number of carbonyl (C=O) groups excluding carboxylic acids is 1. The van der Waals surface area contributed by atoms with E-state index < -0.39 is 4.92 Å². The van der Waals surface area contributed by atoms with Gasteiger partial charge in [0.2, 0.25) is 0 Å². The summed E-state index contributed by atoms with van der Waals surface area (Å²) in [6.07, 6.45) is 0. The number of nitrogens with zero attached hydrogens (tertiary/aromatic N) is 2. The van der Waals surface area contributed by atoms with Crippen LogP contribution in [0.4, 0.5) is 11.4 Å². The van der Waals surface area contributed by atoms with E-state index >= 15 is 0 Å². The number of halogens is 1. The van der Waals surface area contributed by atoms with E-state index in [1.807, 2.05) is 6.92 Å². The molecule has 22 heavy (non-hydrogen) atoms. The van der Waals surface area contributed by atoms with Gasteiger partial charge in [-0.15, -0.1) is 0 Å². The smallest absolute Gasteiger partial charge is 0.270 e. The number of hydrogen-bond donors (Lipinski definition) is 0. The van der Waals surface area contributed by atoms with Crippen molar-refractivity contribution < 1.29 is 14.5 Å². The van der Waals surface area contributed by atoms with Gasteiger partial charge in [-0.2, -0.15) is 0 Å². The van der Waals surface area contributed by atoms with Crippen molar-refractivity contribution in [3.63, 3.8) is 0 Å². The molecule has 1 heterocycles. The molecule has 7 heteroatoms. The van der Waals surface area contributed by atoms with Crippen molar-refractivity contribution in [1.82, 2.24) is 0 Å². The third-order valence-electron chi connectivity index (χ3n) is 3.40. The van der Waals surface area contributed by atoms with Crippen LogP contribution < -0.4 is 9.64 Å². The number of hydrogen-bond acceptors (Lipinski definition) is 4. The van der Waals surface area contributed by atoms with Crippen LogP contribution in [-0.4, -0.2) is 17.4 Å². The maximum Gasteiger partial charge on any atom is 0.270 e. The van der Waals surface area contributed by atoms with Crippen molar-refractivity contribution in [2.45, 2.75) is 6.92 Å². The number of non-ortho nitro benzene ring substituents is 1. The van der Waals surface area contributed by atoms with Gasteiger partial charge in [0.25, 0.3) is 11.6 Å². The molecule has 6 nitrogen and oxygen atoms in total. The number of amides is 1. The zero-order chi connectivity index (χ0) is 15.9. The highest BCUT2D eigenvalue weighted by atomic mass is 35.5. The van der Waals surface area contributed by atoms with Crippen LogP contribution in [0, 0.1) is 10.1 Å². The van der Waals surface area contributed by atoms with Crippen LogP contribution in [0.15, 0.2) is 36.4 Å². The number of carbonyl (C=O) groups is 1. The van der Waals surface area contributed by atoms with Crippen molar-refractivity contribution in [2.24, 2.45) is 0 Å². The number of ether oxygens (including phenoxy) is 1. The fourth-order valence-electron chi connectivity index (χ4n) is 2.37. The number of rotatable bonds is 2. The average molecular weight is 319 g/mol. The van der Waals surface area contributed by atoms with Crippen LogP contribution in [0.1, 0.15) is 17.3 Å². The van der Waals surface area contributed by atoms with Gasteiger partial charge in [-0.3, -0.25) is 14.9 Å². The SMILES string of the molecule is CCN1C(=O)c2cc([N+](=O)[O-])ccc2Oc2cc(Cl)ccc21. The summed E-state index contributed by atoms with van der Waals surface area (Å²) < 4.78 is 5.75. The summed E-state index contributed by atoms with van der Waals surface area (Å²) in [6.45, 7) is 2.22. The largest absolute Gasteiger partial charge is 0.454 e. The van der Waals surface area contributed by atoms with Crippen LogP contribution in [-0.2, 0) is 0 Å². The van der Waals surface area contributed by atoms with Gasteiger partial charge in [-0.1, -0.05) is 11.6 Å². The van der Waals surface area contributed by atoms with E-state index in [0.29, 0.717) is 23.0 Å². The predicted molar refractivity (Wildman–Crippen MR) is 82.0 cm³/mol. The molecule has 112 valence electrons. The number of anilines is 1. The van der Waals surface area contributed by atoms with Crippen molar-refractivity contribution in [1.29, 1.82) is 0 Å². The Morgan fingerprint density at radius 2 is 2.00 bits per heavy atom. The first-order valence-corrected chi connectivity index (χ1v) is 6.96. The molecule has 0 saturated carbocycles. The molecule has 0 aliphatic carbocycles. The summed E-state index contributed by atoms with van der Waals surface area (Å²) in [6, 6.07) is 8.93. The van der Waals surface area contributed by atoms with E-state index in [0.717, 1.165) is 0 Å². The van der Waals surface area contributed by atoms with E-state index in [1.165, 1.54) is 23.1 Å². The molecule has 0 fully saturated rings. The Morgan fingerprint density at radius 1 is 1.23 bits per heavy atom. The highest BCUT2D eigenvalue weighted by Crippen LogP contribution is 2.41. The lowest BCUT2D eigenvalue weighted by Crippen LogP contribution is -2.29. The Hall–Kier alpha value is -2.60. The number of fused-ring (bicyclic) bond motifs is 2. The first kappa shape index (κ1) is 14.3. The second-order valence-corrected chi connectivity index (χ2v) is 5.14. The summed E-state index contributed by atoms with van der Waals surface area (Å²) >= 11 is 5.98. The van der Waals surface area contributed by atoms with Gasteiger partial charge < -0.3 is 9.64 Å². The Kier molecular flexibility index (Phi) is 3.46. The Balaban J connectivity index is 2.21. The lowest BCUT2D eigenvalue weighted by molar-refractivity contribution is -0.384. The summed E-state index contributed by atoms with van der Waals surface area (Å²) in [4.78, 5) is 24.6. The summed E-state index contributed by atoms with van der Waals surface area (Å²) in [5.74, 6) is 0.368. The van der Waals surface area contributed by atoms with Crippen molar-refractivity contribution in [2.75, 3.05) is 11.4 Å². The Labute approximate surface area is 131 Å². The summed E-state index contributed by atoms with van der Waals surface area (Å²) in [5, 5.41) is 11.4. The van der Waals surface area contributed by atoms with Crippen LogP contribution >= 0.6 is 11.6 Å². The predicted octanol–water partition coefficient (Wildman–Crippen LogP) is 4.02. The first-order valence-electron chi connectivity index (χ1n) is 6.59. The molecule has 1 aliphatic heterocycles. The third-order valence-corrected chi connectivity index (χ3v) is 3.63. The average Bonchev–Trinajstić information content (AvgIpc) is 2.60. The fraction of sp³-hybridized carbons (Fsp3) is 0.133. The molecule has 0 radical (unpaired) electrons. The van der Waals surface area contributed by atoms with Crippen LogP contribution in [0.3, 0.4) is 0 Å². The van der Waals surface area contributed by atoms with Crippen molar-refractivity contribution >= 4 is 28.9 Å². The molecule has 0 spiro atoms. The molecule has 0 atom stereocenters. The molecule has 0 aromatic heterocycles. The minimum atomic E-state index is -0.543. The molecule has 1 amide bonds. The van der Waals surface area contributed by atoms with E-state index in [1.54, 1.807) is 18.2 Å². The quantitative estimate of drug-likeness (QED) is 0.619. The zero-order valence-electron chi connectivity index (χ0n) is 11.6. The van der Waals surface area contributed by atoms with E-state index in [2.05, 4.69) is 0 Å². The number of nitro benzene ring substituents is 1. The number of benzene rings is 2.